The van der Waals surface area contributed by atoms with Crippen LogP contribution in [0.4, 0.5) is 0 Å². The van der Waals surface area contributed by atoms with Gasteiger partial charge in [0.05, 0.1) is 7.11 Å². The second-order valence-corrected chi connectivity index (χ2v) is 5.70. The lowest BCUT2D eigenvalue weighted by Gasteiger charge is -2.16. The first-order chi connectivity index (χ1) is 12.1. The number of hydrogen-bond acceptors (Lipinski definition) is 7. The van der Waals surface area contributed by atoms with E-state index in [4.69, 9.17) is 9.47 Å². The van der Waals surface area contributed by atoms with Crippen molar-refractivity contribution in [3.8, 4) is 28.7 Å². The van der Waals surface area contributed by atoms with Crippen LogP contribution >= 0.6 is 0 Å². The molecule has 0 unspecified atom stereocenters. The van der Waals surface area contributed by atoms with E-state index in [0.717, 1.165) is 0 Å². The predicted octanol–water partition coefficient (Wildman–Crippen LogP) is 2.65. The second kappa shape index (κ2) is 6.83. The predicted molar refractivity (Wildman–Crippen MR) is 90.6 cm³/mol. The minimum Gasteiger partial charge on any atom is -0.508 e. The van der Waals surface area contributed by atoms with Crippen molar-refractivity contribution in [2.75, 3.05) is 7.11 Å². The standard InChI is InChI=1S/C18H18O8/c1-7-6-11(25-4)13(17(22)23)15(21)12(7)18(24)26-16-8(2)5-10(19)9(3)14(16)20/h5-6,19-21H,1-4H3,(H,22,23). The number of carbonyl (C=O) groups excluding carboxylic acids is 1. The average Bonchev–Trinajstić information content (AvgIpc) is 2.55. The number of aromatic hydroxyl groups is 3. The lowest BCUT2D eigenvalue weighted by molar-refractivity contribution is 0.0689. The van der Waals surface area contributed by atoms with E-state index in [1.54, 1.807) is 0 Å². The van der Waals surface area contributed by atoms with E-state index in [9.17, 15) is 30.0 Å². The molecule has 0 aliphatic heterocycles. The fraction of sp³-hybridized carbons (Fsp3) is 0.222. The third-order valence-corrected chi connectivity index (χ3v) is 3.96. The molecule has 0 saturated carbocycles. The van der Waals surface area contributed by atoms with Crippen LogP contribution < -0.4 is 9.47 Å². The number of ether oxygens (including phenoxy) is 2. The normalized spacial score (nSPS) is 10.5. The van der Waals surface area contributed by atoms with Crippen molar-refractivity contribution >= 4 is 11.9 Å². The first kappa shape index (κ1) is 18.9. The minimum absolute atomic E-state index is 0.108. The fourth-order valence-electron chi connectivity index (χ4n) is 2.52. The lowest BCUT2D eigenvalue weighted by Crippen LogP contribution is -2.14. The first-order valence-electron chi connectivity index (χ1n) is 7.48. The van der Waals surface area contributed by atoms with Crippen LogP contribution in [0.25, 0.3) is 0 Å². The molecule has 4 N–H and O–H groups in total. The van der Waals surface area contributed by atoms with Crippen LogP contribution in [0.2, 0.25) is 0 Å². The van der Waals surface area contributed by atoms with E-state index in [0.29, 0.717) is 0 Å². The Morgan fingerprint density at radius 3 is 2.08 bits per heavy atom. The van der Waals surface area contributed by atoms with E-state index < -0.39 is 29.0 Å². The molecular formula is C18H18O8. The molecule has 0 saturated heterocycles. The molecule has 0 atom stereocenters. The summed E-state index contributed by atoms with van der Waals surface area (Å²) in [6.45, 7) is 4.41. The Morgan fingerprint density at radius 1 is 0.923 bits per heavy atom. The average molecular weight is 362 g/mol. The summed E-state index contributed by atoms with van der Waals surface area (Å²) in [5, 5.41) is 39.3. The highest BCUT2D eigenvalue weighted by Gasteiger charge is 2.28. The zero-order valence-corrected chi connectivity index (χ0v) is 14.6. The summed E-state index contributed by atoms with van der Waals surface area (Å²) in [6, 6.07) is 2.59. The van der Waals surface area contributed by atoms with Gasteiger partial charge < -0.3 is 29.9 Å². The van der Waals surface area contributed by atoms with Crippen molar-refractivity contribution in [3.05, 3.63) is 39.9 Å². The quantitative estimate of drug-likeness (QED) is 0.482. The summed E-state index contributed by atoms with van der Waals surface area (Å²) in [4.78, 5) is 23.9. The maximum absolute atomic E-state index is 12.5. The molecule has 0 spiro atoms. The third-order valence-electron chi connectivity index (χ3n) is 3.96. The number of carboxylic acids is 1. The van der Waals surface area contributed by atoms with Gasteiger partial charge in [0.25, 0.3) is 0 Å². The van der Waals surface area contributed by atoms with Crippen molar-refractivity contribution in [1.82, 2.24) is 0 Å². The van der Waals surface area contributed by atoms with Gasteiger partial charge in [-0.3, -0.25) is 0 Å². The molecule has 0 radical (unpaired) electrons. The molecule has 2 aromatic carbocycles. The third kappa shape index (κ3) is 3.08. The molecule has 0 bridgehead atoms. The zero-order chi connectivity index (χ0) is 19.8. The van der Waals surface area contributed by atoms with Crippen LogP contribution in [0, 0.1) is 20.8 Å². The molecule has 2 aromatic rings. The largest absolute Gasteiger partial charge is 0.508 e. The number of methoxy groups -OCH3 is 1. The van der Waals surface area contributed by atoms with Gasteiger partial charge in [0.2, 0.25) is 0 Å². The summed E-state index contributed by atoms with van der Waals surface area (Å²) >= 11 is 0. The number of phenols is 3. The topological polar surface area (TPSA) is 134 Å². The highest BCUT2D eigenvalue weighted by atomic mass is 16.5. The molecule has 138 valence electrons. The number of rotatable bonds is 4. The summed E-state index contributed by atoms with van der Waals surface area (Å²) in [5.41, 5.74) is -0.328. The molecule has 0 fully saturated rings. The van der Waals surface area contributed by atoms with E-state index in [1.165, 1.54) is 40.0 Å². The number of aromatic carboxylic acids is 1. The molecule has 0 aliphatic rings. The van der Waals surface area contributed by atoms with Crippen molar-refractivity contribution in [2.24, 2.45) is 0 Å². The number of hydrogen-bond donors (Lipinski definition) is 4. The molecule has 0 amide bonds. The van der Waals surface area contributed by atoms with Crippen molar-refractivity contribution in [2.45, 2.75) is 20.8 Å². The highest BCUT2D eigenvalue weighted by molar-refractivity contribution is 6.03. The molecular weight excluding hydrogens is 344 g/mol. The summed E-state index contributed by atoms with van der Waals surface area (Å²) in [6.07, 6.45) is 0. The van der Waals surface area contributed by atoms with Crippen molar-refractivity contribution in [3.63, 3.8) is 0 Å². The smallest absolute Gasteiger partial charge is 0.347 e. The Hall–Kier alpha value is -3.42. The van der Waals surface area contributed by atoms with E-state index in [-0.39, 0.29) is 39.5 Å². The van der Waals surface area contributed by atoms with Gasteiger partial charge in [-0.1, -0.05) is 0 Å². The van der Waals surface area contributed by atoms with Crippen LogP contribution in [-0.4, -0.2) is 39.5 Å². The van der Waals surface area contributed by atoms with E-state index >= 15 is 0 Å². The van der Waals surface area contributed by atoms with Gasteiger partial charge in [-0.2, -0.15) is 0 Å². The van der Waals surface area contributed by atoms with Crippen LogP contribution in [0.3, 0.4) is 0 Å². The Bertz CT molecular complexity index is 914. The van der Waals surface area contributed by atoms with Crippen molar-refractivity contribution in [1.29, 1.82) is 0 Å². The number of esters is 1. The zero-order valence-electron chi connectivity index (χ0n) is 14.6. The van der Waals surface area contributed by atoms with Gasteiger partial charge >= 0.3 is 11.9 Å². The monoisotopic (exact) mass is 362 g/mol. The Kier molecular flexibility index (Phi) is 4.97. The van der Waals surface area contributed by atoms with Gasteiger partial charge in [0.15, 0.2) is 11.5 Å². The lowest BCUT2D eigenvalue weighted by atomic mass is 10.0. The van der Waals surface area contributed by atoms with Gasteiger partial charge in [0.1, 0.15) is 28.4 Å². The second-order valence-electron chi connectivity index (χ2n) is 5.70. The molecule has 8 nitrogen and oxygen atoms in total. The van der Waals surface area contributed by atoms with E-state index in [1.807, 2.05) is 0 Å². The summed E-state index contributed by atoms with van der Waals surface area (Å²) in [5.74, 6) is -4.25. The number of carboxylic acid groups (broad SMARTS) is 1. The van der Waals surface area contributed by atoms with Gasteiger partial charge in [-0.15, -0.1) is 0 Å². The van der Waals surface area contributed by atoms with Gasteiger partial charge in [0, 0.05) is 5.56 Å². The molecule has 0 aliphatic carbocycles. The van der Waals surface area contributed by atoms with E-state index in [2.05, 4.69) is 0 Å². The Morgan fingerprint density at radius 2 is 1.54 bits per heavy atom. The maximum atomic E-state index is 12.5. The molecule has 8 heteroatoms. The number of carbonyl (C=O) groups is 2. The Labute approximate surface area is 148 Å². The number of phenolic OH excluding ortho intramolecular Hbond substituents is 2. The van der Waals surface area contributed by atoms with Crippen molar-refractivity contribution < 1.29 is 39.5 Å². The maximum Gasteiger partial charge on any atom is 0.347 e. The van der Waals surface area contributed by atoms with Crippen LogP contribution in [0.15, 0.2) is 12.1 Å². The summed E-state index contributed by atoms with van der Waals surface area (Å²) in [7, 11) is 1.24. The van der Waals surface area contributed by atoms with Gasteiger partial charge in [-0.05, 0) is 44.0 Å². The molecule has 0 aromatic heterocycles. The highest BCUT2D eigenvalue weighted by Crippen LogP contribution is 2.40. The molecule has 26 heavy (non-hydrogen) atoms. The molecule has 0 heterocycles. The SMILES string of the molecule is COc1cc(C)c(C(=O)Oc2c(C)cc(O)c(C)c2O)c(O)c1C(=O)O. The van der Waals surface area contributed by atoms with Gasteiger partial charge in [-0.25, -0.2) is 9.59 Å². The fourth-order valence-corrected chi connectivity index (χ4v) is 2.52. The number of benzene rings is 2. The minimum atomic E-state index is -1.48. The first-order valence-corrected chi connectivity index (χ1v) is 7.48. The van der Waals surface area contributed by atoms with Crippen LogP contribution in [0.1, 0.15) is 37.4 Å². The van der Waals surface area contributed by atoms with Crippen LogP contribution in [-0.2, 0) is 0 Å². The summed E-state index contributed by atoms with van der Waals surface area (Å²) < 4.78 is 10.1. The number of aryl methyl sites for hydroxylation is 2. The Balaban J connectivity index is 2.58. The molecule has 2 rings (SSSR count). The van der Waals surface area contributed by atoms with Crippen LogP contribution in [0.5, 0.6) is 28.7 Å².